The fourth-order valence-corrected chi connectivity index (χ4v) is 1.99. The molecule has 2 nitrogen and oxygen atoms in total. The molecule has 0 bridgehead atoms. The van der Waals surface area contributed by atoms with Crippen molar-refractivity contribution in [3.63, 3.8) is 0 Å². The molecular formula is C13H17F2NO. The maximum atomic E-state index is 12.3. The fourth-order valence-electron chi connectivity index (χ4n) is 1.99. The van der Waals surface area contributed by atoms with Crippen molar-refractivity contribution in [2.45, 2.75) is 19.3 Å². The lowest BCUT2D eigenvalue weighted by molar-refractivity contribution is 0.151. The molecule has 0 amide bonds. The molecule has 1 aliphatic heterocycles. The fraction of sp³-hybridized carbons (Fsp3) is 0.538. The summed E-state index contributed by atoms with van der Waals surface area (Å²) in [6, 6.07) is 6.05. The number of nitrogens with one attached hydrogen (secondary N) is 1. The SMILES string of the molecule is FC(F)c1ccc(OCC2CCCNC2)cc1. The lowest BCUT2D eigenvalue weighted by Gasteiger charge is -2.22. The van der Waals surface area contributed by atoms with Gasteiger partial charge in [0.1, 0.15) is 5.75 Å². The molecule has 4 heteroatoms. The predicted molar refractivity (Wildman–Crippen MR) is 62.5 cm³/mol. The summed E-state index contributed by atoms with van der Waals surface area (Å²) in [5.41, 5.74) is 0.0386. The van der Waals surface area contributed by atoms with E-state index in [0.717, 1.165) is 13.1 Å². The van der Waals surface area contributed by atoms with Crippen LogP contribution in [-0.2, 0) is 0 Å². The number of piperidine rings is 1. The van der Waals surface area contributed by atoms with Crippen molar-refractivity contribution >= 4 is 0 Å². The van der Waals surface area contributed by atoms with Gasteiger partial charge in [0.25, 0.3) is 6.43 Å². The van der Waals surface area contributed by atoms with Crippen LogP contribution in [0.25, 0.3) is 0 Å². The Morgan fingerprint density at radius 1 is 1.29 bits per heavy atom. The van der Waals surface area contributed by atoms with Crippen molar-refractivity contribution in [2.75, 3.05) is 19.7 Å². The van der Waals surface area contributed by atoms with Crippen molar-refractivity contribution in [1.82, 2.24) is 5.32 Å². The van der Waals surface area contributed by atoms with Gasteiger partial charge in [0, 0.05) is 18.0 Å². The number of benzene rings is 1. The highest BCUT2D eigenvalue weighted by atomic mass is 19.3. The third-order valence-corrected chi connectivity index (χ3v) is 3.02. The summed E-state index contributed by atoms with van der Waals surface area (Å²) in [6.07, 6.45) is -0.0629. The first-order valence-electron chi connectivity index (χ1n) is 5.97. The van der Waals surface area contributed by atoms with Gasteiger partial charge in [0.05, 0.1) is 6.61 Å². The topological polar surface area (TPSA) is 21.3 Å². The first-order valence-corrected chi connectivity index (χ1v) is 5.97. The first kappa shape index (κ1) is 12.3. The van der Waals surface area contributed by atoms with Gasteiger partial charge in [0.2, 0.25) is 0 Å². The standard InChI is InChI=1S/C13H17F2NO/c14-13(15)11-3-5-12(6-4-11)17-9-10-2-1-7-16-8-10/h3-6,10,13,16H,1-2,7-9H2. The lowest BCUT2D eigenvalue weighted by Crippen LogP contribution is -2.33. The predicted octanol–water partition coefficient (Wildman–Crippen LogP) is 3.00. The molecule has 1 heterocycles. The average molecular weight is 241 g/mol. The third kappa shape index (κ3) is 3.66. The zero-order chi connectivity index (χ0) is 12.1. The molecule has 0 saturated carbocycles. The number of alkyl halides is 2. The van der Waals surface area contributed by atoms with Crippen LogP contribution in [0.1, 0.15) is 24.8 Å². The molecule has 0 radical (unpaired) electrons. The van der Waals surface area contributed by atoms with Crippen LogP contribution in [-0.4, -0.2) is 19.7 Å². The molecule has 2 rings (SSSR count). The zero-order valence-corrected chi connectivity index (χ0v) is 9.66. The van der Waals surface area contributed by atoms with Crippen LogP contribution < -0.4 is 10.1 Å². The van der Waals surface area contributed by atoms with Crippen LogP contribution >= 0.6 is 0 Å². The Morgan fingerprint density at radius 3 is 2.65 bits per heavy atom. The summed E-state index contributed by atoms with van der Waals surface area (Å²) in [4.78, 5) is 0. The van der Waals surface area contributed by atoms with E-state index >= 15 is 0 Å². The van der Waals surface area contributed by atoms with Gasteiger partial charge in [-0.1, -0.05) is 0 Å². The van der Waals surface area contributed by atoms with Crippen LogP contribution in [0.2, 0.25) is 0 Å². The van der Waals surface area contributed by atoms with Gasteiger partial charge < -0.3 is 10.1 Å². The number of hydrogen-bond acceptors (Lipinski definition) is 2. The Balaban J connectivity index is 1.82. The average Bonchev–Trinajstić information content (AvgIpc) is 2.38. The summed E-state index contributed by atoms with van der Waals surface area (Å²) in [5, 5.41) is 3.32. The van der Waals surface area contributed by atoms with Crippen molar-refractivity contribution in [2.24, 2.45) is 5.92 Å². The minimum atomic E-state index is -2.41. The first-order chi connectivity index (χ1) is 8.25. The summed E-state index contributed by atoms with van der Waals surface area (Å²) in [5.74, 6) is 1.19. The summed E-state index contributed by atoms with van der Waals surface area (Å²) in [7, 11) is 0. The van der Waals surface area contributed by atoms with E-state index in [2.05, 4.69) is 5.32 Å². The molecule has 1 atom stereocenters. The second-order valence-corrected chi connectivity index (χ2v) is 4.39. The molecule has 1 aromatic carbocycles. The smallest absolute Gasteiger partial charge is 0.263 e. The number of ether oxygens (including phenoxy) is 1. The van der Waals surface area contributed by atoms with Crippen molar-refractivity contribution < 1.29 is 13.5 Å². The maximum absolute atomic E-state index is 12.3. The summed E-state index contributed by atoms with van der Waals surface area (Å²) < 4.78 is 30.2. The second kappa shape index (κ2) is 5.96. The van der Waals surface area contributed by atoms with E-state index in [0.29, 0.717) is 18.3 Å². The largest absolute Gasteiger partial charge is 0.493 e. The van der Waals surface area contributed by atoms with E-state index in [1.807, 2.05) is 0 Å². The Kier molecular flexibility index (Phi) is 4.31. The zero-order valence-electron chi connectivity index (χ0n) is 9.66. The maximum Gasteiger partial charge on any atom is 0.263 e. The van der Waals surface area contributed by atoms with Crippen LogP contribution in [0.4, 0.5) is 8.78 Å². The van der Waals surface area contributed by atoms with Gasteiger partial charge in [-0.2, -0.15) is 0 Å². The van der Waals surface area contributed by atoms with Gasteiger partial charge >= 0.3 is 0 Å². The van der Waals surface area contributed by atoms with E-state index in [1.165, 1.54) is 25.0 Å². The molecule has 1 aliphatic rings. The van der Waals surface area contributed by atoms with Gasteiger partial charge in [0.15, 0.2) is 0 Å². The number of halogens is 2. The molecule has 1 saturated heterocycles. The molecule has 1 aromatic rings. The molecule has 1 unspecified atom stereocenters. The van der Waals surface area contributed by atoms with Gasteiger partial charge in [-0.3, -0.25) is 0 Å². The van der Waals surface area contributed by atoms with Gasteiger partial charge in [-0.15, -0.1) is 0 Å². The van der Waals surface area contributed by atoms with Crippen LogP contribution in [0.3, 0.4) is 0 Å². The van der Waals surface area contributed by atoms with Gasteiger partial charge in [-0.25, -0.2) is 8.78 Å². The van der Waals surface area contributed by atoms with E-state index < -0.39 is 6.43 Å². The van der Waals surface area contributed by atoms with Crippen LogP contribution in [0.15, 0.2) is 24.3 Å². The molecule has 0 aliphatic carbocycles. The highest BCUT2D eigenvalue weighted by molar-refractivity contribution is 5.27. The highest BCUT2D eigenvalue weighted by Crippen LogP contribution is 2.22. The minimum absolute atomic E-state index is 0.0386. The van der Waals surface area contributed by atoms with Crippen molar-refractivity contribution in [1.29, 1.82) is 0 Å². The quantitative estimate of drug-likeness (QED) is 0.875. The van der Waals surface area contributed by atoms with Gasteiger partial charge in [-0.05, 0) is 43.7 Å². The van der Waals surface area contributed by atoms with E-state index in [4.69, 9.17) is 4.74 Å². The van der Waals surface area contributed by atoms with E-state index in [1.54, 1.807) is 12.1 Å². The summed E-state index contributed by atoms with van der Waals surface area (Å²) in [6.45, 7) is 2.72. The molecule has 0 aromatic heterocycles. The van der Waals surface area contributed by atoms with Crippen molar-refractivity contribution in [3.8, 4) is 5.75 Å². The number of hydrogen-bond donors (Lipinski definition) is 1. The monoisotopic (exact) mass is 241 g/mol. The van der Waals surface area contributed by atoms with E-state index in [9.17, 15) is 8.78 Å². The van der Waals surface area contributed by atoms with Crippen LogP contribution in [0.5, 0.6) is 5.75 Å². The molecular weight excluding hydrogens is 224 g/mol. The Bertz CT molecular complexity index is 334. The lowest BCUT2D eigenvalue weighted by atomic mass is 10.0. The van der Waals surface area contributed by atoms with Crippen LogP contribution in [0, 0.1) is 5.92 Å². The van der Waals surface area contributed by atoms with E-state index in [-0.39, 0.29) is 5.56 Å². The Hall–Kier alpha value is -1.16. The summed E-state index contributed by atoms with van der Waals surface area (Å²) >= 11 is 0. The highest BCUT2D eigenvalue weighted by Gasteiger charge is 2.13. The molecule has 17 heavy (non-hydrogen) atoms. The second-order valence-electron chi connectivity index (χ2n) is 4.39. The molecule has 1 fully saturated rings. The molecule has 94 valence electrons. The Morgan fingerprint density at radius 2 is 2.06 bits per heavy atom. The van der Waals surface area contributed by atoms with Crippen molar-refractivity contribution in [3.05, 3.63) is 29.8 Å². The molecule has 0 spiro atoms. The third-order valence-electron chi connectivity index (χ3n) is 3.02. The number of rotatable bonds is 4. The molecule has 1 N–H and O–H groups in total. The Labute approximate surface area is 100.0 Å². The minimum Gasteiger partial charge on any atom is -0.493 e. The normalized spacial score (nSPS) is 20.5.